The van der Waals surface area contributed by atoms with E-state index >= 15 is 0 Å². The number of hydrogen-bond donors (Lipinski definition) is 1. The van der Waals surface area contributed by atoms with Crippen LogP contribution in [-0.2, 0) is 15.8 Å². The first-order chi connectivity index (χ1) is 6.57. The van der Waals surface area contributed by atoms with Crippen molar-refractivity contribution in [2.45, 2.75) is 5.75 Å². The topological polar surface area (TPSA) is 55.4 Å². The summed E-state index contributed by atoms with van der Waals surface area (Å²) in [4.78, 5) is 0. The molecule has 0 aliphatic carbocycles. The third-order valence-corrected chi connectivity index (χ3v) is 3.16. The summed E-state index contributed by atoms with van der Waals surface area (Å²) in [7, 11) is -0.212. The summed E-state index contributed by atoms with van der Waals surface area (Å²) in [5.41, 5.74) is 0.736. The van der Waals surface area contributed by atoms with Crippen LogP contribution < -0.4 is 9.46 Å². The van der Waals surface area contributed by atoms with Crippen molar-refractivity contribution in [3.05, 3.63) is 29.8 Å². The van der Waals surface area contributed by atoms with E-state index in [4.69, 9.17) is 4.74 Å². The molecule has 0 aromatic heterocycles. The molecule has 0 heterocycles. The Bertz CT molecular complexity index is 383. The van der Waals surface area contributed by atoms with Crippen LogP contribution in [0.4, 0.5) is 0 Å². The molecule has 0 radical (unpaired) electrons. The summed E-state index contributed by atoms with van der Waals surface area (Å²) in [6.45, 7) is 0. The van der Waals surface area contributed by atoms with Crippen molar-refractivity contribution in [1.82, 2.24) is 4.72 Å². The molecule has 0 unspecified atom stereocenters. The molecule has 0 fully saturated rings. The number of hydrogen-bond acceptors (Lipinski definition) is 3. The van der Waals surface area contributed by atoms with Gasteiger partial charge < -0.3 is 4.74 Å². The van der Waals surface area contributed by atoms with Gasteiger partial charge in [0, 0.05) is 0 Å². The highest BCUT2D eigenvalue weighted by Crippen LogP contribution is 2.12. The SMILES string of the molecule is CNS(=O)(=O)Cc1ccc(OC)cc1. The van der Waals surface area contributed by atoms with E-state index in [9.17, 15) is 8.42 Å². The van der Waals surface area contributed by atoms with E-state index in [1.807, 2.05) is 0 Å². The van der Waals surface area contributed by atoms with Crippen LogP contribution in [-0.4, -0.2) is 22.6 Å². The summed E-state index contributed by atoms with van der Waals surface area (Å²) in [6, 6.07) is 6.93. The lowest BCUT2D eigenvalue weighted by Gasteiger charge is -2.03. The number of ether oxygens (including phenoxy) is 1. The number of nitrogens with one attached hydrogen (secondary N) is 1. The number of methoxy groups -OCH3 is 1. The van der Waals surface area contributed by atoms with Crippen LogP contribution >= 0.6 is 0 Å². The minimum absolute atomic E-state index is 0.00645. The van der Waals surface area contributed by atoms with Crippen molar-refractivity contribution in [2.24, 2.45) is 0 Å². The Morgan fingerprint density at radius 1 is 1.29 bits per heavy atom. The normalized spacial score (nSPS) is 11.3. The maximum absolute atomic E-state index is 11.2. The lowest BCUT2D eigenvalue weighted by Crippen LogP contribution is -2.20. The third kappa shape index (κ3) is 3.01. The van der Waals surface area contributed by atoms with E-state index in [2.05, 4.69) is 4.72 Å². The quantitative estimate of drug-likeness (QED) is 0.806. The molecule has 0 saturated heterocycles. The molecule has 4 nitrogen and oxygen atoms in total. The van der Waals surface area contributed by atoms with E-state index in [0.717, 1.165) is 11.3 Å². The van der Waals surface area contributed by atoms with Crippen molar-refractivity contribution in [2.75, 3.05) is 14.2 Å². The van der Waals surface area contributed by atoms with Crippen LogP contribution in [0.3, 0.4) is 0 Å². The van der Waals surface area contributed by atoms with Crippen molar-refractivity contribution in [1.29, 1.82) is 0 Å². The zero-order valence-electron chi connectivity index (χ0n) is 8.15. The van der Waals surface area contributed by atoms with Gasteiger partial charge in [-0.2, -0.15) is 0 Å². The molecular formula is C9H13NO3S. The van der Waals surface area contributed by atoms with E-state index < -0.39 is 10.0 Å². The van der Waals surface area contributed by atoms with Gasteiger partial charge in [0.25, 0.3) is 0 Å². The van der Waals surface area contributed by atoms with Gasteiger partial charge in [0.15, 0.2) is 0 Å². The largest absolute Gasteiger partial charge is 0.497 e. The Morgan fingerprint density at radius 2 is 1.86 bits per heavy atom. The Hall–Kier alpha value is -1.07. The highest BCUT2D eigenvalue weighted by molar-refractivity contribution is 7.88. The van der Waals surface area contributed by atoms with Crippen LogP contribution in [0.15, 0.2) is 24.3 Å². The maximum Gasteiger partial charge on any atom is 0.215 e. The predicted octanol–water partition coefficient (Wildman–Crippen LogP) is 0.744. The second-order valence-electron chi connectivity index (χ2n) is 2.81. The number of sulfonamides is 1. The van der Waals surface area contributed by atoms with Gasteiger partial charge in [-0.25, -0.2) is 13.1 Å². The zero-order chi connectivity index (χ0) is 10.6. The standard InChI is InChI=1S/C9H13NO3S/c1-10-14(11,12)7-8-3-5-9(13-2)6-4-8/h3-6,10H,7H2,1-2H3. The first-order valence-corrected chi connectivity index (χ1v) is 5.77. The smallest absolute Gasteiger partial charge is 0.215 e. The van der Waals surface area contributed by atoms with Gasteiger partial charge in [0.1, 0.15) is 5.75 Å². The Labute approximate surface area is 84.0 Å². The van der Waals surface area contributed by atoms with Gasteiger partial charge in [-0.3, -0.25) is 0 Å². The third-order valence-electron chi connectivity index (χ3n) is 1.83. The number of rotatable bonds is 4. The summed E-state index contributed by atoms with van der Waals surface area (Å²) in [5.74, 6) is 0.712. The van der Waals surface area contributed by atoms with Crippen molar-refractivity contribution < 1.29 is 13.2 Å². The molecule has 0 atom stereocenters. The molecule has 1 N–H and O–H groups in total. The van der Waals surface area contributed by atoms with Crippen LogP contribution in [0.1, 0.15) is 5.56 Å². The Morgan fingerprint density at radius 3 is 2.29 bits per heavy atom. The van der Waals surface area contributed by atoms with Crippen LogP contribution in [0.2, 0.25) is 0 Å². The number of benzene rings is 1. The summed E-state index contributed by atoms with van der Waals surface area (Å²) in [5, 5.41) is 0. The fraction of sp³-hybridized carbons (Fsp3) is 0.333. The molecule has 0 bridgehead atoms. The molecule has 0 spiro atoms. The van der Waals surface area contributed by atoms with E-state index in [1.54, 1.807) is 31.4 Å². The van der Waals surface area contributed by atoms with Gasteiger partial charge >= 0.3 is 0 Å². The minimum atomic E-state index is -3.18. The first-order valence-electron chi connectivity index (χ1n) is 4.11. The monoisotopic (exact) mass is 215 g/mol. The fourth-order valence-electron chi connectivity index (χ4n) is 1.01. The van der Waals surface area contributed by atoms with E-state index in [1.165, 1.54) is 7.05 Å². The lowest BCUT2D eigenvalue weighted by atomic mass is 10.2. The van der Waals surface area contributed by atoms with Gasteiger partial charge in [-0.15, -0.1) is 0 Å². The second-order valence-corrected chi connectivity index (χ2v) is 4.74. The van der Waals surface area contributed by atoms with Gasteiger partial charge in [-0.05, 0) is 24.7 Å². The maximum atomic E-state index is 11.2. The molecule has 0 aliphatic heterocycles. The van der Waals surface area contributed by atoms with E-state index in [-0.39, 0.29) is 5.75 Å². The van der Waals surface area contributed by atoms with Gasteiger partial charge in [0.05, 0.1) is 12.9 Å². The molecule has 0 amide bonds. The second kappa shape index (κ2) is 4.43. The Balaban J connectivity index is 2.79. The summed E-state index contributed by atoms with van der Waals surface area (Å²) >= 11 is 0. The predicted molar refractivity (Wildman–Crippen MR) is 54.7 cm³/mol. The molecule has 1 aromatic rings. The van der Waals surface area contributed by atoms with Crippen LogP contribution in [0.5, 0.6) is 5.75 Å². The lowest BCUT2D eigenvalue weighted by molar-refractivity contribution is 0.414. The van der Waals surface area contributed by atoms with Crippen LogP contribution in [0, 0.1) is 0 Å². The van der Waals surface area contributed by atoms with Gasteiger partial charge in [0.2, 0.25) is 10.0 Å². The average molecular weight is 215 g/mol. The summed E-state index contributed by atoms with van der Waals surface area (Å²) in [6.07, 6.45) is 0. The van der Waals surface area contributed by atoms with Crippen molar-refractivity contribution in [3.8, 4) is 5.75 Å². The van der Waals surface area contributed by atoms with Crippen molar-refractivity contribution in [3.63, 3.8) is 0 Å². The highest BCUT2D eigenvalue weighted by Gasteiger charge is 2.07. The average Bonchev–Trinajstić information content (AvgIpc) is 2.19. The molecule has 78 valence electrons. The highest BCUT2D eigenvalue weighted by atomic mass is 32.2. The first kappa shape index (κ1) is 11.0. The zero-order valence-corrected chi connectivity index (χ0v) is 8.97. The minimum Gasteiger partial charge on any atom is -0.497 e. The van der Waals surface area contributed by atoms with Crippen molar-refractivity contribution >= 4 is 10.0 Å². The van der Waals surface area contributed by atoms with Crippen LogP contribution in [0.25, 0.3) is 0 Å². The molecular weight excluding hydrogens is 202 g/mol. The Kier molecular flexibility index (Phi) is 3.49. The molecule has 0 saturated carbocycles. The van der Waals surface area contributed by atoms with E-state index in [0.29, 0.717) is 0 Å². The van der Waals surface area contributed by atoms with Gasteiger partial charge in [-0.1, -0.05) is 12.1 Å². The molecule has 5 heteroatoms. The molecule has 1 aromatic carbocycles. The molecule has 14 heavy (non-hydrogen) atoms. The molecule has 1 rings (SSSR count). The summed E-state index contributed by atoms with van der Waals surface area (Å²) < 4.78 is 29.6. The molecule has 0 aliphatic rings. The fourth-order valence-corrected chi connectivity index (χ4v) is 1.79.